The standard InChI is InChI=1S/C27H33N5O5S/c1-3-14-32-24-18-23(29-25(24)26(34)30(2)27(32)35)21-9-11-22(12-10-21)38(36,37)28-13-15-31(16-17-33)19-20-7-5-4-6-8-20/h4-12,18,28-29,33H,3,13-17,19H2,1-2H3. The Morgan fingerprint density at radius 1 is 1.03 bits per heavy atom. The van der Waals surface area contributed by atoms with Crippen LogP contribution in [-0.2, 0) is 30.2 Å². The molecule has 2 heterocycles. The lowest BCUT2D eigenvalue weighted by Gasteiger charge is -2.21. The topological polar surface area (TPSA) is 129 Å². The molecule has 4 rings (SSSR count). The molecule has 2 aromatic heterocycles. The van der Waals surface area contributed by atoms with Gasteiger partial charge in [0.2, 0.25) is 10.0 Å². The van der Waals surface area contributed by atoms with E-state index >= 15 is 0 Å². The van der Waals surface area contributed by atoms with Gasteiger partial charge in [0.05, 0.1) is 17.0 Å². The summed E-state index contributed by atoms with van der Waals surface area (Å²) >= 11 is 0. The van der Waals surface area contributed by atoms with E-state index in [2.05, 4.69) is 9.71 Å². The average molecular weight is 540 g/mol. The molecule has 4 aromatic rings. The Labute approximate surface area is 221 Å². The van der Waals surface area contributed by atoms with Crippen LogP contribution in [-0.4, -0.2) is 58.8 Å². The smallest absolute Gasteiger partial charge is 0.331 e. The minimum absolute atomic E-state index is 0.0184. The molecule has 0 bridgehead atoms. The van der Waals surface area contributed by atoms with E-state index in [4.69, 9.17) is 0 Å². The number of rotatable bonds is 12. The lowest BCUT2D eigenvalue weighted by atomic mass is 10.1. The summed E-state index contributed by atoms with van der Waals surface area (Å²) in [6, 6.07) is 17.9. The second-order valence-electron chi connectivity index (χ2n) is 9.15. The van der Waals surface area contributed by atoms with Crippen molar-refractivity contribution >= 4 is 21.1 Å². The maximum atomic E-state index is 12.9. The number of hydrogen-bond acceptors (Lipinski definition) is 6. The number of H-pyrrole nitrogens is 1. The summed E-state index contributed by atoms with van der Waals surface area (Å²) in [5.74, 6) is 0. The molecular formula is C27H33N5O5S. The molecule has 0 atom stereocenters. The Morgan fingerprint density at radius 3 is 2.39 bits per heavy atom. The third-order valence-electron chi connectivity index (χ3n) is 6.43. The van der Waals surface area contributed by atoms with Gasteiger partial charge in [0.25, 0.3) is 5.56 Å². The van der Waals surface area contributed by atoms with Crippen molar-refractivity contribution in [3.63, 3.8) is 0 Å². The monoisotopic (exact) mass is 539 g/mol. The summed E-state index contributed by atoms with van der Waals surface area (Å²) in [6.07, 6.45) is 0.733. The van der Waals surface area contributed by atoms with E-state index in [0.29, 0.717) is 48.5 Å². The Kier molecular flexibility index (Phi) is 8.62. The number of fused-ring (bicyclic) bond motifs is 1. The van der Waals surface area contributed by atoms with Crippen LogP contribution >= 0.6 is 0 Å². The van der Waals surface area contributed by atoms with E-state index in [1.165, 1.54) is 19.2 Å². The third kappa shape index (κ3) is 5.97. The fraction of sp³-hybridized carbons (Fsp3) is 0.333. The van der Waals surface area contributed by atoms with Gasteiger partial charge in [-0.2, -0.15) is 0 Å². The average Bonchev–Trinajstić information content (AvgIpc) is 3.36. The van der Waals surface area contributed by atoms with E-state index in [9.17, 15) is 23.1 Å². The quantitative estimate of drug-likeness (QED) is 0.252. The number of aliphatic hydroxyl groups excluding tert-OH is 1. The molecule has 2 aromatic carbocycles. The van der Waals surface area contributed by atoms with Crippen LogP contribution < -0.4 is 16.0 Å². The summed E-state index contributed by atoms with van der Waals surface area (Å²) in [5, 5.41) is 9.38. The maximum Gasteiger partial charge on any atom is 0.331 e. The highest BCUT2D eigenvalue weighted by Crippen LogP contribution is 2.23. The van der Waals surface area contributed by atoms with Crippen LogP contribution in [0.25, 0.3) is 22.3 Å². The number of aromatic nitrogens is 3. The summed E-state index contributed by atoms with van der Waals surface area (Å²) in [5.41, 5.74) is 2.46. The van der Waals surface area contributed by atoms with E-state index in [0.717, 1.165) is 16.6 Å². The van der Waals surface area contributed by atoms with Crippen molar-refractivity contribution in [2.75, 3.05) is 26.2 Å². The second kappa shape index (κ2) is 11.9. The van der Waals surface area contributed by atoms with Gasteiger partial charge in [0.1, 0.15) is 5.52 Å². The van der Waals surface area contributed by atoms with Crippen molar-refractivity contribution in [1.82, 2.24) is 23.7 Å². The van der Waals surface area contributed by atoms with Crippen LogP contribution in [0.15, 0.2) is 75.1 Å². The second-order valence-corrected chi connectivity index (χ2v) is 10.9. The normalized spacial score (nSPS) is 12.0. The van der Waals surface area contributed by atoms with Gasteiger partial charge in [-0.15, -0.1) is 0 Å². The van der Waals surface area contributed by atoms with Crippen LogP contribution in [0, 0.1) is 0 Å². The van der Waals surface area contributed by atoms with Gasteiger partial charge in [0, 0.05) is 45.5 Å². The molecule has 10 nitrogen and oxygen atoms in total. The first-order chi connectivity index (χ1) is 18.2. The molecule has 38 heavy (non-hydrogen) atoms. The lowest BCUT2D eigenvalue weighted by molar-refractivity contribution is 0.192. The molecule has 0 saturated carbocycles. The molecule has 11 heteroatoms. The molecule has 0 saturated heterocycles. The van der Waals surface area contributed by atoms with Crippen molar-refractivity contribution in [3.8, 4) is 11.3 Å². The van der Waals surface area contributed by atoms with Crippen LogP contribution in [0.2, 0.25) is 0 Å². The summed E-state index contributed by atoms with van der Waals surface area (Å²) in [4.78, 5) is 30.4. The Balaban J connectivity index is 1.48. The Bertz CT molecular complexity index is 1610. The van der Waals surface area contributed by atoms with Crippen molar-refractivity contribution in [2.24, 2.45) is 7.05 Å². The fourth-order valence-corrected chi connectivity index (χ4v) is 5.46. The summed E-state index contributed by atoms with van der Waals surface area (Å²) in [7, 11) is -2.29. The molecular weight excluding hydrogens is 506 g/mol. The van der Waals surface area contributed by atoms with Gasteiger partial charge in [-0.25, -0.2) is 17.9 Å². The highest BCUT2D eigenvalue weighted by molar-refractivity contribution is 7.89. The van der Waals surface area contributed by atoms with E-state index in [1.54, 1.807) is 22.8 Å². The predicted molar refractivity (Wildman–Crippen MR) is 148 cm³/mol. The third-order valence-corrected chi connectivity index (χ3v) is 7.91. The van der Waals surface area contributed by atoms with Crippen molar-refractivity contribution in [1.29, 1.82) is 0 Å². The van der Waals surface area contributed by atoms with Gasteiger partial charge >= 0.3 is 5.69 Å². The Morgan fingerprint density at radius 2 is 1.74 bits per heavy atom. The highest BCUT2D eigenvalue weighted by Gasteiger charge is 2.17. The molecule has 0 aliphatic heterocycles. The number of sulfonamides is 1. The van der Waals surface area contributed by atoms with E-state index in [-0.39, 0.29) is 23.7 Å². The molecule has 0 amide bonds. The number of nitrogens with one attached hydrogen (secondary N) is 2. The zero-order chi connectivity index (χ0) is 27.3. The van der Waals surface area contributed by atoms with E-state index < -0.39 is 15.6 Å². The highest BCUT2D eigenvalue weighted by atomic mass is 32.2. The fourth-order valence-electron chi connectivity index (χ4n) is 4.44. The van der Waals surface area contributed by atoms with Crippen LogP contribution in [0.3, 0.4) is 0 Å². The summed E-state index contributed by atoms with van der Waals surface area (Å²) < 4.78 is 31.1. The molecule has 0 aliphatic rings. The largest absolute Gasteiger partial charge is 0.395 e. The van der Waals surface area contributed by atoms with Crippen molar-refractivity contribution < 1.29 is 13.5 Å². The van der Waals surface area contributed by atoms with Crippen LogP contribution in [0.5, 0.6) is 0 Å². The SMILES string of the molecule is CCCn1c(=O)n(C)c(=O)c2[nH]c(-c3ccc(S(=O)(=O)NCCN(CCO)Cc4ccccc4)cc3)cc21. The zero-order valence-electron chi connectivity index (χ0n) is 21.6. The number of aliphatic hydroxyl groups is 1. The van der Waals surface area contributed by atoms with Gasteiger partial charge in [-0.1, -0.05) is 49.4 Å². The Hall–Kier alpha value is -3.51. The van der Waals surface area contributed by atoms with Crippen molar-refractivity contribution in [3.05, 3.63) is 87.1 Å². The number of aryl methyl sites for hydroxylation is 1. The van der Waals surface area contributed by atoms with Gasteiger partial charge in [-0.3, -0.25) is 18.8 Å². The molecule has 202 valence electrons. The molecule has 0 spiro atoms. The molecule has 0 radical (unpaired) electrons. The molecule has 3 N–H and O–H groups in total. The van der Waals surface area contributed by atoms with Gasteiger partial charge in [0.15, 0.2) is 0 Å². The van der Waals surface area contributed by atoms with Gasteiger partial charge in [-0.05, 0) is 35.7 Å². The van der Waals surface area contributed by atoms with E-state index in [1.807, 2.05) is 42.2 Å². The first kappa shape index (κ1) is 27.5. The molecule has 0 fully saturated rings. The first-order valence-corrected chi connectivity index (χ1v) is 14.0. The van der Waals surface area contributed by atoms with Crippen LogP contribution in [0.1, 0.15) is 18.9 Å². The predicted octanol–water partition coefficient (Wildman–Crippen LogP) is 1.88. The molecule has 0 unspecified atom stereocenters. The number of aromatic amines is 1. The van der Waals surface area contributed by atoms with Crippen molar-refractivity contribution in [2.45, 2.75) is 31.3 Å². The zero-order valence-corrected chi connectivity index (χ0v) is 22.4. The summed E-state index contributed by atoms with van der Waals surface area (Å²) in [6.45, 7) is 4.09. The lowest BCUT2D eigenvalue weighted by Crippen LogP contribution is -2.38. The minimum Gasteiger partial charge on any atom is -0.395 e. The number of hydrogen-bond donors (Lipinski definition) is 3. The molecule has 0 aliphatic carbocycles. The number of benzene rings is 2. The van der Waals surface area contributed by atoms with Gasteiger partial charge < -0.3 is 10.1 Å². The first-order valence-electron chi connectivity index (χ1n) is 12.5. The number of nitrogens with zero attached hydrogens (tertiary/aromatic N) is 3. The minimum atomic E-state index is -3.75. The maximum absolute atomic E-state index is 12.9. The van der Waals surface area contributed by atoms with Crippen LogP contribution in [0.4, 0.5) is 0 Å².